The maximum atomic E-state index is 13.7. The van der Waals surface area contributed by atoms with Crippen molar-refractivity contribution in [2.45, 2.75) is 6.54 Å². The standard InChI is InChI=1S/C16H12F2N2O3/c1-23-14-5-2-9(6-12(14)18)8-20-15(21)11-4-3-10(17)7-13(11)19-16(20)22/h2-7H,8H2,1H3,(H,19,22). The van der Waals surface area contributed by atoms with Crippen molar-refractivity contribution in [1.29, 1.82) is 0 Å². The molecule has 0 aliphatic carbocycles. The topological polar surface area (TPSA) is 64.1 Å². The molecule has 0 bridgehead atoms. The first-order chi connectivity index (χ1) is 11.0. The molecule has 118 valence electrons. The second-order valence-electron chi connectivity index (χ2n) is 4.98. The molecule has 5 nitrogen and oxygen atoms in total. The summed E-state index contributed by atoms with van der Waals surface area (Å²) in [5, 5.41) is 0.181. The highest BCUT2D eigenvalue weighted by Gasteiger charge is 2.10. The summed E-state index contributed by atoms with van der Waals surface area (Å²) in [5.41, 5.74) is -0.709. The van der Waals surface area contributed by atoms with Gasteiger partial charge >= 0.3 is 5.69 Å². The number of fused-ring (bicyclic) bond motifs is 1. The van der Waals surface area contributed by atoms with Crippen molar-refractivity contribution in [3.05, 3.63) is 74.4 Å². The van der Waals surface area contributed by atoms with Crippen molar-refractivity contribution < 1.29 is 13.5 Å². The molecule has 0 aliphatic rings. The van der Waals surface area contributed by atoms with Gasteiger partial charge in [-0.3, -0.25) is 9.36 Å². The van der Waals surface area contributed by atoms with Crippen molar-refractivity contribution in [3.63, 3.8) is 0 Å². The van der Waals surface area contributed by atoms with Crippen molar-refractivity contribution >= 4 is 10.9 Å². The Morgan fingerprint density at radius 3 is 2.61 bits per heavy atom. The van der Waals surface area contributed by atoms with Gasteiger partial charge in [-0.25, -0.2) is 13.6 Å². The second-order valence-corrected chi connectivity index (χ2v) is 4.98. The van der Waals surface area contributed by atoms with Gasteiger partial charge in [-0.05, 0) is 35.9 Å². The molecule has 3 aromatic rings. The quantitative estimate of drug-likeness (QED) is 0.803. The van der Waals surface area contributed by atoms with Gasteiger partial charge in [-0.2, -0.15) is 0 Å². The van der Waals surface area contributed by atoms with Gasteiger partial charge in [0.1, 0.15) is 5.82 Å². The summed E-state index contributed by atoms with van der Waals surface area (Å²) in [6.07, 6.45) is 0. The third-order valence-electron chi connectivity index (χ3n) is 3.50. The Kier molecular flexibility index (Phi) is 3.69. The minimum Gasteiger partial charge on any atom is -0.494 e. The molecule has 23 heavy (non-hydrogen) atoms. The number of aromatic amines is 1. The van der Waals surface area contributed by atoms with Crippen LogP contribution in [0.1, 0.15) is 5.56 Å². The van der Waals surface area contributed by atoms with Crippen LogP contribution in [0.4, 0.5) is 8.78 Å². The van der Waals surface area contributed by atoms with Crippen molar-refractivity contribution in [3.8, 4) is 5.75 Å². The van der Waals surface area contributed by atoms with Gasteiger partial charge in [0.05, 0.1) is 24.6 Å². The van der Waals surface area contributed by atoms with E-state index in [1.807, 2.05) is 0 Å². The Hall–Kier alpha value is -2.96. The number of nitrogens with one attached hydrogen (secondary N) is 1. The number of nitrogens with zero attached hydrogens (tertiary/aromatic N) is 1. The Morgan fingerprint density at radius 2 is 1.91 bits per heavy atom. The van der Waals surface area contributed by atoms with Gasteiger partial charge < -0.3 is 9.72 Å². The first-order valence-corrected chi connectivity index (χ1v) is 6.74. The van der Waals surface area contributed by atoms with Crippen LogP contribution in [0.5, 0.6) is 5.75 Å². The smallest absolute Gasteiger partial charge is 0.329 e. The minimum atomic E-state index is -0.690. The van der Waals surface area contributed by atoms with Crippen LogP contribution in [0.2, 0.25) is 0 Å². The van der Waals surface area contributed by atoms with E-state index in [1.54, 1.807) is 6.07 Å². The second kappa shape index (κ2) is 5.68. The maximum Gasteiger partial charge on any atom is 0.329 e. The Morgan fingerprint density at radius 1 is 1.13 bits per heavy atom. The Labute approximate surface area is 128 Å². The lowest BCUT2D eigenvalue weighted by Gasteiger charge is -2.08. The Bertz CT molecular complexity index is 1010. The lowest BCUT2D eigenvalue weighted by molar-refractivity contribution is 0.386. The van der Waals surface area contributed by atoms with E-state index < -0.39 is 22.9 Å². The monoisotopic (exact) mass is 318 g/mol. The highest BCUT2D eigenvalue weighted by molar-refractivity contribution is 5.77. The van der Waals surface area contributed by atoms with E-state index in [9.17, 15) is 18.4 Å². The molecule has 0 aliphatic heterocycles. The summed E-state index contributed by atoms with van der Waals surface area (Å²) in [6.45, 7) is -0.109. The van der Waals surface area contributed by atoms with Crippen LogP contribution in [-0.4, -0.2) is 16.7 Å². The van der Waals surface area contributed by atoms with E-state index in [0.717, 1.165) is 16.7 Å². The van der Waals surface area contributed by atoms with Crippen molar-refractivity contribution in [2.24, 2.45) is 0 Å². The first-order valence-electron chi connectivity index (χ1n) is 6.74. The molecule has 0 amide bonds. The van der Waals surface area contributed by atoms with Gasteiger partial charge in [-0.15, -0.1) is 0 Å². The molecule has 1 heterocycles. The van der Waals surface area contributed by atoms with Gasteiger partial charge in [0.15, 0.2) is 11.6 Å². The predicted molar refractivity (Wildman–Crippen MR) is 80.8 cm³/mol. The zero-order valence-electron chi connectivity index (χ0n) is 12.1. The first kappa shape index (κ1) is 15.0. The fraction of sp³-hybridized carbons (Fsp3) is 0.125. The van der Waals surface area contributed by atoms with E-state index in [4.69, 9.17) is 4.74 Å². The number of benzene rings is 2. The summed E-state index contributed by atoms with van der Waals surface area (Å²) in [4.78, 5) is 26.9. The van der Waals surface area contributed by atoms with Gasteiger partial charge in [0.2, 0.25) is 0 Å². The van der Waals surface area contributed by atoms with E-state index in [2.05, 4.69) is 4.98 Å². The molecule has 0 radical (unpaired) electrons. The van der Waals surface area contributed by atoms with Crippen molar-refractivity contribution in [2.75, 3.05) is 7.11 Å². The largest absolute Gasteiger partial charge is 0.494 e. The van der Waals surface area contributed by atoms with E-state index in [0.29, 0.717) is 5.56 Å². The molecular weight excluding hydrogens is 306 g/mol. The average molecular weight is 318 g/mol. The molecule has 0 saturated heterocycles. The predicted octanol–water partition coefficient (Wildman–Crippen LogP) is 2.02. The molecule has 1 N–H and O–H groups in total. The summed E-state index contributed by atoms with van der Waals surface area (Å²) >= 11 is 0. The van der Waals surface area contributed by atoms with E-state index in [1.165, 1.54) is 25.3 Å². The third-order valence-corrected chi connectivity index (χ3v) is 3.50. The summed E-state index contributed by atoms with van der Waals surface area (Å²) < 4.78 is 32.6. The lowest BCUT2D eigenvalue weighted by atomic mass is 10.2. The third kappa shape index (κ3) is 2.73. The maximum absolute atomic E-state index is 13.7. The number of hydrogen-bond acceptors (Lipinski definition) is 3. The highest BCUT2D eigenvalue weighted by Crippen LogP contribution is 2.18. The summed E-state index contributed by atoms with van der Waals surface area (Å²) in [5.74, 6) is -1.07. The van der Waals surface area contributed by atoms with E-state index in [-0.39, 0.29) is 23.2 Å². The minimum absolute atomic E-state index is 0.0731. The van der Waals surface area contributed by atoms with Gasteiger partial charge in [0, 0.05) is 0 Å². The molecule has 7 heteroatoms. The number of H-pyrrole nitrogens is 1. The number of ether oxygens (including phenoxy) is 1. The SMILES string of the molecule is COc1ccc(Cn2c(=O)[nH]c3cc(F)ccc3c2=O)cc1F. The summed E-state index contributed by atoms with van der Waals surface area (Å²) in [7, 11) is 1.34. The van der Waals surface area contributed by atoms with Crippen LogP contribution in [-0.2, 0) is 6.54 Å². The van der Waals surface area contributed by atoms with Crippen LogP contribution in [0.3, 0.4) is 0 Å². The van der Waals surface area contributed by atoms with Gasteiger partial charge in [-0.1, -0.05) is 6.07 Å². The number of halogens is 2. The molecule has 0 unspecified atom stereocenters. The van der Waals surface area contributed by atoms with Crippen LogP contribution in [0, 0.1) is 11.6 Å². The normalized spacial score (nSPS) is 10.9. The number of hydrogen-bond donors (Lipinski definition) is 1. The van der Waals surface area contributed by atoms with Gasteiger partial charge in [0.25, 0.3) is 5.56 Å². The highest BCUT2D eigenvalue weighted by atomic mass is 19.1. The Balaban J connectivity index is 2.10. The lowest BCUT2D eigenvalue weighted by Crippen LogP contribution is -2.35. The molecule has 0 fully saturated rings. The van der Waals surface area contributed by atoms with Crippen LogP contribution >= 0.6 is 0 Å². The fourth-order valence-electron chi connectivity index (χ4n) is 2.36. The van der Waals surface area contributed by atoms with Crippen LogP contribution < -0.4 is 16.0 Å². The zero-order valence-corrected chi connectivity index (χ0v) is 12.1. The molecule has 3 rings (SSSR count). The molecular formula is C16H12F2N2O3. The molecule has 2 aromatic carbocycles. The molecule has 0 saturated carbocycles. The number of methoxy groups -OCH3 is 1. The number of aromatic nitrogens is 2. The van der Waals surface area contributed by atoms with Crippen molar-refractivity contribution in [1.82, 2.24) is 9.55 Å². The molecule has 1 aromatic heterocycles. The van der Waals surface area contributed by atoms with E-state index >= 15 is 0 Å². The molecule has 0 atom stereocenters. The number of rotatable bonds is 3. The average Bonchev–Trinajstić information content (AvgIpc) is 2.51. The zero-order chi connectivity index (χ0) is 16.6. The van der Waals surface area contributed by atoms with Crippen LogP contribution in [0.15, 0.2) is 46.0 Å². The fourth-order valence-corrected chi connectivity index (χ4v) is 2.36. The summed E-state index contributed by atoms with van der Waals surface area (Å²) in [6, 6.07) is 7.69. The molecule has 0 spiro atoms. The van der Waals surface area contributed by atoms with Crippen LogP contribution in [0.25, 0.3) is 10.9 Å².